The molecule has 0 spiro atoms. The van der Waals surface area contributed by atoms with E-state index >= 15 is 0 Å². The second kappa shape index (κ2) is 8.06. The Bertz CT molecular complexity index is 474. The standard InChI is InChI=1S/C14H20N4O2/c1-18(16)14-5-3-2-4-12(14)13(15)8-11(9-19)6-7-17-10-20/h2-5,9-11,15H,6-8,16H2,1H3,(H,17,20). The number of nitrogens with one attached hydrogen (secondary N) is 2. The van der Waals surface area contributed by atoms with Gasteiger partial charge < -0.3 is 20.5 Å². The quantitative estimate of drug-likeness (QED) is 0.203. The summed E-state index contributed by atoms with van der Waals surface area (Å²) in [6.45, 7) is 0.429. The fourth-order valence-electron chi connectivity index (χ4n) is 1.95. The minimum Gasteiger partial charge on any atom is -0.359 e. The molecular formula is C14H20N4O2. The molecule has 0 aromatic heterocycles. The first-order valence-corrected chi connectivity index (χ1v) is 6.37. The number of carbonyl (C=O) groups is 2. The van der Waals surface area contributed by atoms with Crippen LogP contribution in [-0.2, 0) is 9.59 Å². The third-order valence-corrected chi connectivity index (χ3v) is 3.01. The molecule has 0 saturated carbocycles. The molecule has 0 aliphatic heterocycles. The predicted octanol–water partition coefficient (Wildman–Crippen LogP) is 0.706. The zero-order chi connectivity index (χ0) is 15.0. The van der Waals surface area contributed by atoms with Gasteiger partial charge >= 0.3 is 0 Å². The molecule has 20 heavy (non-hydrogen) atoms. The van der Waals surface area contributed by atoms with E-state index in [9.17, 15) is 9.59 Å². The number of amides is 1. The minimum absolute atomic E-state index is 0.286. The van der Waals surface area contributed by atoms with Gasteiger partial charge in [0.25, 0.3) is 0 Å². The van der Waals surface area contributed by atoms with E-state index in [1.54, 1.807) is 7.05 Å². The van der Waals surface area contributed by atoms with Crippen molar-refractivity contribution < 1.29 is 9.59 Å². The Morgan fingerprint density at radius 3 is 2.75 bits per heavy atom. The first-order chi connectivity index (χ1) is 9.60. The van der Waals surface area contributed by atoms with Crippen LogP contribution in [0.25, 0.3) is 0 Å². The number of carbonyl (C=O) groups excluding carboxylic acids is 2. The lowest BCUT2D eigenvalue weighted by Crippen LogP contribution is -2.27. The Morgan fingerprint density at radius 2 is 2.15 bits per heavy atom. The van der Waals surface area contributed by atoms with Crippen molar-refractivity contribution in [3.05, 3.63) is 29.8 Å². The van der Waals surface area contributed by atoms with E-state index in [1.165, 1.54) is 5.01 Å². The van der Waals surface area contributed by atoms with Crippen molar-refractivity contribution in [2.24, 2.45) is 11.8 Å². The van der Waals surface area contributed by atoms with Crippen LogP contribution >= 0.6 is 0 Å². The highest BCUT2D eigenvalue weighted by Gasteiger charge is 2.15. The number of benzene rings is 1. The molecule has 1 aromatic rings. The molecule has 0 radical (unpaired) electrons. The van der Waals surface area contributed by atoms with Crippen molar-refractivity contribution in [1.29, 1.82) is 5.41 Å². The molecular weight excluding hydrogens is 256 g/mol. The van der Waals surface area contributed by atoms with Gasteiger partial charge in [-0.15, -0.1) is 0 Å². The first-order valence-electron chi connectivity index (χ1n) is 6.37. The lowest BCUT2D eigenvalue weighted by atomic mass is 9.95. The Kier molecular flexibility index (Phi) is 6.39. The van der Waals surface area contributed by atoms with Gasteiger partial charge in [0.2, 0.25) is 6.41 Å². The van der Waals surface area contributed by atoms with E-state index in [-0.39, 0.29) is 5.92 Å². The van der Waals surface area contributed by atoms with Gasteiger partial charge in [-0.3, -0.25) is 4.79 Å². The molecule has 6 nitrogen and oxygen atoms in total. The molecule has 1 atom stereocenters. The van der Waals surface area contributed by atoms with E-state index in [4.69, 9.17) is 11.3 Å². The third kappa shape index (κ3) is 4.47. The van der Waals surface area contributed by atoms with E-state index in [1.807, 2.05) is 24.3 Å². The predicted molar refractivity (Wildman–Crippen MR) is 78.7 cm³/mol. The summed E-state index contributed by atoms with van der Waals surface area (Å²) in [5.41, 5.74) is 1.82. The summed E-state index contributed by atoms with van der Waals surface area (Å²) in [5.74, 6) is 5.45. The molecule has 108 valence electrons. The van der Waals surface area contributed by atoms with E-state index < -0.39 is 0 Å². The average Bonchev–Trinajstić information content (AvgIpc) is 2.46. The zero-order valence-electron chi connectivity index (χ0n) is 11.5. The Hall–Kier alpha value is -2.21. The maximum Gasteiger partial charge on any atom is 0.207 e. The van der Waals surface area contributed by atoms with E-state index in [2.05, 4.69) is 5.32 Å². The molecule has 0 bridgehead atoms. The molecule has 4 N–H and O–H groups in total. The van der Waals surface area contributed by atoms with Crippen molar-refractivity contribution >= 4 is 24.1 Å². The van der Waals surface area contributed by atoms with Crippen LogP contribution in [0.3, 0.4) is 0 Å². The van der Waals surface area contributed by atoms with Gasteiger partial charge in [0, 0.05) is 30.8 Å². The van der Waals surface area contributed by atoms with Gasteiger partial charge in [0.05, 0.1) is 5.69 Å². The van der Waals surface area contributed by atoms with Gasteiger partial charge in [-0.25, -0.2) is 5.84 Å². The lowest BCUT2D eigenvalue weighted by Gasteiger charge is -2.18. The SMILES string of the molecule is CN(N)c1ccccc1C(=N)CC(C=O)CCNC=O. The van der Waals surface area contributed by atoms with Crippen LogP contribution in [0.4, 0.5) is 5.69 Å². The van der Waals surface area contributed by atoms with Gasteiger partial charge in [0.15, 0.2) is 0 Å². The number of rotatable bonds is 9. The lowest BCUT2D eigenvalue weighted by molar-refractivity contribution is -0.112. The number of aldehydes is 1. The van der Waals surface area contributed by atoms with Crippen molar-refractivity contribution in [2.45, 2.75) is 12.8 Å². The molecule has 0 aliphatic carbocycles. The maximum atomic E-state index is 11.0. The van der Waals surface area contributed by atoms with Crippen molar-refractivity contribution in [3.63, 3.8) is 0 Å². The molecule has 0 saturated heterocycles. The second-order valence-electron chi connectivity index (χ2n) is 4.57. The Labute approximate surface area is 118 Å². The number of anilines is 1. The van der Waals surface area contributed by atoms with Crippen LogP contribution in [0.1, 0.15) is 18.4 Å². The number of nitrogens with two attached hydrogens (primary N) is 1. The molecule has 1 unspecified atom stereocenters. The normalized spacial score (nSPS) is 11.5. The summed E-state index contributed by atoms with van der Waals surface area (Å²) in [7, 11) is 1.71. The highest BCUT2D eigenvalue weighted by Crippen LogP contribution is 2.20. The Morgan fingerprint density at radius 1 is 1.45 bits per heavy atom. The molecule has 1 rings (SSSR count). The molecule has 6 heteroatoms. The number of para-hydroxylation sites is 1. The average molecular weight is 276 g/mol. The third-order valence-electron chi connectivity index (χ3n) is 3.01. The monoisotopic (exact) mass is 276 g/mol. The fraction of sp³-hybridized carbons (Fsp3) is 0.357. The second-order valence-corrected chi connectivity index (χ2v) is 4.57. The summed E-state index contributed by atoms with van der Waals surface area (Å²) < 4.78 is 0. The minimum atomic E-state index is -0.286. The van der Waals surface area contributed by atoms with Crippen LogP contribution in [0, 0.1) is 11.3 Å². The summed E-state index contributed by atoms with van der Waals surface area (Å²) in [4.78, 5) is 21.2. The van der Waals surface area contributed by atoms with Gasteiger partial charge in [-0.05, 0) is 18.9 Å². The Balaban J connectivity index is 2.74. The highest BCUT2D eigenvalue weighted by atomic mass is 16.1. The number of hydrogen-bond donors (Lipinski definition) is 3. The van der Waals surface area contributed by atoms with Crippen LogP contribution in [-0.4, -0.2) is 32.0 Å². The molecule has 1 amide bonds. The van der Waals surface area contributed by atoms with Crippen molar-refractivity contribution in [3.8, 4) is 0 Å². The zero-order valence-corrected chi connectivity index (χ0v) is 11.5. The van der Waals surface area contributed by atoms with Crippen LogP contribution in [0.15, 0.2) is 24.3 Å². The summed E-state index contributed by atoms with van der Waals surface area (Å²) in [6.07, 6.45) is 2.28. The largest absolute Gasteiger partial charge is 0.359 e. The van der Waals surface area contributed by atoms with Crippen LogP contribution in [0.5, 0.6) is 0 Å². The summed E-state index contributed by atoms with van der Waals surface area (Å²) >= 11 is 0. The smallest absolute Gasteiger partial charge is 0.207 e. The van der Waals surface area contributed by atoms with Crippen molar-refractivity contribution in [1.82, 2.24) is 5.32 Å². The fourth-order valence-corrected chi connectivity index (χ4v) is 1.95. The number of hydrazine groups is 1. The van der Waals surface area contributed by atoms with Crippen LogP contribution < -0.4 is 16.2 Å². The highest BCUT2D eigenvalue weighted by molar-refractivity contribution is 6.03. The molecule has 0 fully saturated rings. The van der Waals surface area contributed by atoms with Crippen LogP contribution in [0.2, 0.25) is 0 Å². The van der Waals surface area contributed by atoms with E-state index in [0.717, 1.165) is 12.0 Å². The maximum absolute atomic E-state index is 11.0. The van der Waals surface area contributed by atoms with Crippen molar-refractivity contribution in [2.75, 3.05) is 18.6 Å². The number of nitrogens with zero attached hydrogens (tertiary/aromatic N) is 1. The molecule has 1 aromatic carbocycles. The summed E-state index contributed by atoms with van der Waals surface area (Å²) in [5, 5.41) is 12.1. The molecule has 0 aliphatic rings. The molecule has 0 heterocycles. The van der Waals surface area contributed by atoms with Gasteiger partial charge in [0.1, 0.15) is 6.29 Å². The summed E-state index contributed by atoms with van der Waals surface area (Å²) in [6, 6.07) is 7.32. The first kappa shape index (κ1) is 15.8. The van der Waals surface area contributed by atoms with Gasteiger partial charge in [-0.2, -0.15) is 0 Å². The topological polar surface area (TPSA) is 99.3 Å². The van der Waals surface area contributed by atoms with E-state index in [0.29, 0.717) is 37.1 Å². The van der Waals surface area contributed by atoms with Gasteiger partial charge in [-0.1, -0.05) is 18.2 Å². The number of hydrogen-bond acceptors (Lipinski definition) is 5.